The van der Waals surface area contributed by atoms with Crippen molar-refractivity contribution in [3.8, 4) is 0 Å². The second-order valence-corrected chi connectivity index (χ2v) is 3.05. The van der Waals surface area contributed by atoms with E-state index in [1.807, 2.05) is 5.32 Å². The summed E-state index contributed by atoms with van der Waals surface area (Å²) in [6.07, 6.45) is 0. The molecule has 9 nitrogen and oxygen atoms in total. The predicted octanol–water partition coefficient (Wildman–Crippen LogP) is -2.28. The minimum atomic E-state index is -2.57. The van der Waals surface area contributed by atoms with Gasteiger partial charge in [0.05, 0.1) is 6.67 Å². The van der Waals surface area contributed by atoms with E-state index in [1.54, 1.807) is 6.92 Å². The van der Waals surface area contributed by atoms with Gasteiger partial charge >= 0.3 is 5.97 Å². The molecule has 0 spiro atoms. The molecule has 0 bridgehead atoms. The summed E-state index contributed by atoms with van der Waals surface area (Å²) < 4.78 is 0. The fourth-order valence-corrected chi connectivity index (χ4v) is 1.14. The number of hydrogen-bond acceptors (Lipinski definition) is 6. The van der Waals surface area contributed by atoms with Gasteiger partial charge in [0.2, 0.25) is 11.3 Å². The number of aliphatic carboxylic acids is 1. The van der Waals surface area contributed by atoms with Crippen LogP contribution in [0.1, 0.15) is 6.92 Å². The van der Waals surface area contributed by atoms with Gasteiger partial charge < -0.3 is 21.5 Å². The van der Waals surface area contributed by atoms with Gasteiger partial charge in [0.15, 0.2) is 0 Å². The lowest BCUT2D eigenvalue weighted by atomic mass is 9.86. The van der Waals surface area contributed by atoms with Crippen LogP contribution >= 0.6 is 0 Å². The minimum Gasteiger partial charge on any atom is -0.480 e. The number of carboxylic acid groups (broad SMARTS) is 1. The number of nitrogens with two attached hydrogens (primary N) is 1. The van der Waals surface area contributed by atoms with Gasteiger partial charge in [0.25, 0.3) is 5.91 Å². The number of nitrogens with one attached hydrogen (secondary N) is 2. The molecule has 0 radical (unpaired) electrons. The molecule has 2 amide bonds. The molecule has 9 heteroatoms. The molecule has 0 rings (SSSR count). The second kappa shape index (κ2) is 6.78. The highest BCUT2D eigenvalue weighted by molar-refractivity contribution is 6.20. The molecule has 0 aromatic heterocycles. The van der Waals surface area contributed by atoms with Gasteiger partial charge in [-0.3, -0.25) is 19.6 Å². The summed E-state index contributed by atoms with van der Waals surface area (Å²) in [6, 6.07) is 0. The molecule has 0 aromatic carbocycles. The molecule has 0 aliphatic rings. The van der Waals surface area contributed by atoms with Crippen molar-refractivity contribution in [3.63, 3.8) is 0 Å². The molecule has 0 heterocycles. The molecule has 6 N–H and O–H groups in total. The zero-order valence-electron chi connectivity index (χ0n) is 9.23. The fourth-order valence-electron chi connectivity index (χ4n) is 1.14. The van der Waals surface area contributed by atoms with Gasteiger partial charge in [-0.05, 0) is 6.92 Å². The van der Waals surface area contributed by atoms with Gasteiger partial charge in [-0.1, -0.05) is 0 Å². The van der Waals surface area contributed by atoms with Crippen LogP contribution in [0.4, 0.5) is 0 Å². The van der Waals surface area contributed by atoms with Crippen molar-refractivity contribution >= 4 is 17.8 Å². The quantitative estimate of drug-likeness (QED) is 0.147. The van der Waals surface area contributed by atoms with E-state index in [9.17, 15) is 14.4 Å². The van der Waals surface area contributed by atoms with Gasteiger partial charge in [0, 0.05) is 6.54 Å². The van der Waals surface area contributed by atoms with E-state index in [4.69, 9.17) is 16.1 Å². The van der Waals surface area contributed by atoms with E-state index < -0.39 is 29.8 Å². The molecule has 0 saturated carbocycles. The van der Waals surface area contributed by atoms with E-state index in [-0.39, 0.29) is 13.2 Å². The Morgan fingerprint density at radius 2 is 1.82 bits per heavy atom. The van der Waals surface area contributed by atoms with Crippen LogP contribution in [0.5, 0.6) is 0 Å². The fraction of sp³-hybridized carbons (Fsp3) is 0.625. The van der Waals surface area contributed by atoms with Crippen LogP contribution in [0.3, 0.4) is 0 Å². The highest BCUT2D eigenvalue weighted by atomic mass is 17.1. The van der Waals surface area contributed by atoms with E-state index in [0.29, 0.717) is 0 Å². The standard InChI is InChI=1S/C8H15N3O6/c1-2-10-5(12)8(3-17-16,7(14)15)6(13)11-4-9/h16H,2-4,9H2,1H3,(H,10,12)(H,11,13)(H,14,15). The first-order valence-electron chi connectivity index (χ1n) is 4.73. The average Bonchev–Trinajstić information content (AvgIpc) is 2.25. The highest BCUT2D eigenvalue weighted by Gasteiger charge is 2.54. The summed E-state index contributed by atoms with van der Waals surface area (Å²) in [5.74, 6) is -4.00. The number of amides is 2. The maximum absolute atomic E-state index is 11.6. The van der Waals surface area contributed by atoms with Crippen molar-refractivity contribution in [1.29, 1.82) is 0 Å². The van der Waals surface area contributed by atoms with Gasteiger partial charge in [0.1, 0.15) is 6.61 Å². The Morgan fingerprint density at radius 3 is 2.18 bits per heavy atom. The van der Waals surface area contributed by atoms with Crippen molar-refractivity contribution < 1.29 is 29.6 Å². The lowest BCUT2D eigenvalue weighted by Crippen LogP contribution is -2.59. The summed E-state index contributed by atoms with van der Waals surface area (Å²) in [6.45, 7) is 0.305. The van der Waals surface area contributed by atoms with Gasteiger partial charge in [-0.15, -0.1) is 0 Å². The topological polar surface area (TPSA) is 151 Å². The number of carboxylic acids is 1. The first-order valence-corrected chi connectivity index (χ1v) is 4.73. The third-order valence-electron chi connectivity index (χ3n) is 2.02. The van der Waals surface area contributed by atoms with Crippen LogP contribution in [-0.2, 0) is 19.3 Å². The van der Waals surface area contributed by atoms with Gasteiger partial charge in [-0.2, -0.15) is 0 Å². The third-order valence-corrected chi connectivity index (χ3v) is 2.02. The van der Waals surface area contributed by atoms with Crippen LogP contribution < -0.4 is 16.4 Å². The molecule has 1 unspecified atom stereocenters. The summed E-state index contributed by atoms with van der Waals surface area (Å²) >= 11 is 0. The van der Waals surface area contributed by atoms with Gasteiger partial charge in [-0.25, -0.2) is 4.89 Å². The van der Waals surface area contributed by atoms with Crippen molar-refractivity contribution in [3.05, 3.63) is 0 Å². The Kier molecular flexibility index (Phi) is 6.10. The number of rotatable bonds is 7. The maximum Gasteiger partial charge on any atom is 0.331 e. The number of carbonyl (C=O) groups excluding carboxylic acids is 2. The minimum absolute atomic E-state index is 0.120. The Balaban J connectivity index is 5.33. The summed E-state index contributed by atoms with van der Waals surface area (Å²) in [7, 11) is 0. The lowest BCUT2D eigenvalue weighted by molar-refractivity contribution is -0.259. The van der Waals surface area contributed by atoms with Crippen LogP contribution in [-0.4, -0.2) is 48.0 Å². The monoisotopic (exact) mass is 249 g/mol. The summed E-state index contributed by atoms with van der Waals surface area (Å²) in [4.78, 5) is 38.0. The van der Waals surface area contributed by atoms with Crippen molar-refractivity contribution in [2.45, 2.75) is 6.92 Å². The van der Waals surface area contributed by atoms with E-state index in [0.717, 1.165) is 0 Å². The summed E-state index contributed by atoms with van der Waals surface area (Å²) in [5, 5.41) is 21.5. The van der Waals surface area contributed by atoms with Crippen molar-refractivity contribution in [2.24, 2.45) is 11.1 Å². The lowest BCUT2D eigenvalue weighted by Gasteiger charge is -2.24. The SMILES string of the molecule is CCNC(=O)C(COO)(C(=O)O)C(=O)NCN. The zero-order chi connectivity index (χ0) is 13.5. The number of carbonyl (C=O) groups is 3. The number of hydrogen-bond donors (Lipinski definition) is 5. The zero-order valence-corrected chi connectivity index (χ0v) is 9.23. The molecular formula is C8H15N3O6. The molecule has 0 aromatic rings. The highest BCUT2D eigenvalue weighted by Crippen LogP contribution is 2.19. The third kappa shape index (κ3) is 3.12. The average molecular weight is 249 g/mol. The van der Waals surface area contributed by atoms with E-state index in [1.165, 1.54) is 0 Å². The smallest absolute Gasteiger partial charge is 0.331 e. The Labute approximate surface area is 96.8 Å². The van der Waals surface area contributed by atoms with Crippen LogP contribution in [0.25, 0.3) is 0 Å². The summed E-state index contributed by atoms with van der Waals surface area (Å²) in [5.41, 5.74) is 2.47. The van der Waals surface area contributed by atoms with Crippen LogP contribution in [0.15, 0.2) is 0 Å². The molecular weight excluding hydrogens is 234 g/mol. The Morgan fingerprint density at radius 1 is 1.29 bits per heavy atom. The van der Waals surface area contributed by atoms with Crippen molar-refractivity contribution in [1.82, 2.24) is 10.6 Å². The molecule has 98 valence electrons. The second-order valence-electron chi connectivity index (χ2n) is 3.05. The largest absolute Gasteiger partial charge is 0.480 e. The van der Waals surface area contributed by atoms with Crippen LogP contribution in [0, 0.1) is 5.41 Å². The normalized spacial score (nSPS) is 13.6. The Hall–Kier alpha value is -1.71. The van der Waals surface area contributed by atoms with E-state index >= 15 is 0 Å². The first-order chi connectivity index (χ1) is 7.97. The molecule has 0 saturated heterocycles. The van der Waals surface area contributed by atoms with Crippen molar-refractivity contribution in [2.75, 3.05) is 19.8 Å². The molecule has 0 aliphatic heterocycles. The first kappa shape index (κ1) is 15.3. The Bertz CT molecular complexity index is 288. The van der Waals surface area contributed by atoms with Crippen LogP contribution in [0.2, 0.25) is 0 Å². The maximum atomic E-state index is 11.6. The molecule has 17 heavy (non-hydrogen) atoms. The molecule has 1 atom stereocenters. The van der Waals surface area contributed by atoms with E-state index in [2.05, 4.69) is 10.2 Å². The predicted molar refractivity (Wildman–Crippen MR) is 54.5 cm³/mol. The molecule has 0 aliphatic carbocycles. The molecule has 0 fully saturated rings.